The van der Waals surface area contributed by atoms with Crippen molar-refractivity contribution >= 4 is 50.5 Å². The number of nitrogens with one attached hydrogen (secondary N) is 1. The molecule has 1 aliphatic heterocycles. The van der Waals surface area contributed by atoms with Gasteiger partial charge in [-0.15, -0.1) is 0 Å². The zero-order valence-electron chi connectivity index (χ0n) is 16.2. The van der Waals surface area contributed by atoms with Crippen molar-refractivity contribution in [2.24, 2.45) is 0 Å². The number of hydrogen-bond donors (Lipinski definition) is 1. The Kier molecular flexibility index (Phi) is 6.14. The van der Waals surface area contributed by atoms with Crippen molar-refractivity contribution < 1.29 is 18.0 Å². The van der Waals surface area contributed by atoms with E-state index in [9.17, 15) is 18.0 Å². The van der Waals surface area contributed by atoms with Gasteiger partial charge in [0.05, 0.1) is 11.9 Å². The Bertz CT molecular complexity index is 1040. The summed E-state index contributed by atoms with van der Waals surface area (Å²) in [5.74, 6) is -0.383. The zero-order chi connectivity index (χ0) is 21.2. The normalized spacial score (nSPS) is 14.2. The van der Waals surface area contributed by atoms with Gasteiger partial charge in [0.25, 0.3) is 0 Å². The second kappa shape index (κ2) is 8.42. The summed E-state index contributed by atoms with van der Waals surface area (Å²) in [6.07, 6.45) is 2.42. The largest absolute Gasteiger partial charge is 0.325 e. The van der Waals surface area contributed by atoms with Gasteiger partial charge in [-0.3, -0.25) is 13.9 Å². The van der Waals surface area contributed by atoms with Crippen LogP contribution in [0.5, 0.6) is 0 Å². The molecule has 2 aromatic carbocycles. The maximum Gasteiger partial charge on any atom is 0.245 e. The van der Waals surface area contributed by atoms with Gasteiger partial charge < -0.3 is 10.2 Å². The lowest BCUT2D eigenvalue weighted by atomic mass is 10.1. The fraction of sp³-hybridized carbons (Fsp3) is 0.300. The molecule has 0 bridgehead atoms. The number of benzene rings is 2. The van der Waals surface area contributed by atoms with Crippen molar-refractivity contribution in [3.8, 4) is 0 Å². The third kappa shape index (κ3) is 5.07. The molecule has 2 amide bonds. The molecule has 1 heterocycles. The Hall–Kier alpha value is -2.58. The molecule has 0 spiro atoms. The summed E-state index contributed by atoms with van der Waals surface area (Å²) in [5.41, 5.74) is 2.57. The lowest BCUT2D eigenvalue weighted by Crippen LogP contribution is -2.37. The minimum Gasteiger partial charge on any atom is -0.325 e. The minimum absolute atomic E-state index is 0.0941. The van der Waals surface area contributed by atoms with Crippen LogP contribution >= 0.6 is 11.6 Å². The Balaban J connectivity index is 1.74. The summed E-state index contributed by atoms with van der Waals surface area (Å²) in [5, 5.41) is 3.19. The van der Waals surface area contributed by atoms with E-state index >= 15 is 0 Å². The monoisotopic (exact) mass is 435 g/mol. The molecule has 29 heavy (non-hydrogen) atoms. The Morgan fingerprint density at radius 1 is 1.21 bits per heavy atom. The molecule has 1 saturated heterocycles. The second-order valence-corrected chi connectivity index (χ2v) is 9.29. The SMILES string of the molecule is Cc1cc(NC(=O)CN(c2ccc(Cl)cc2)S(C)(=O)=O)ccc1N1CCCC1=O. The summed E-state index contributed by atoms with van der Waals surface area (Å²) < 4.78 is 25.3. The number of nitrogens with zero attached hydrogens (tertiary/aromatic N) is 2. The van der Waals surface area contributed by atoms with Crippen LogP contribution in [0.25, 0.3) is 0 Å². The molecular weight excluding hydrogens is 414 g/mol. The van der Waals surface area contributed by atoms with Crippen molar-refractivity contribution in [1.29, 1.82) is 0 Å². The molecule has 9 heteroatoms. The number of rotatable bonds is 6. The third-order valence-corrected chi connectivity index (χ3v) is 6.04. The highest BCUT2D eigenvalue weighted by Gasteiger charge is 2.24. The summed E-state index contributed by atoms with van der Waals surface area (Å²) >= 11 is 5.86. The fourth-order valence-electron chi connectivity index (χ4n) is 3.28. The molecule has 1 N–H and O–H groups in total. The van der Waals surface area contributed by atoms with Gasteiger partial charge in [-0.05, 0) is 61.4 Å². The van der Waals surface area contributed by atoms with Crippen LogP contribution in [0.1, 0.15) is 18.4 Å². The molecule has 154 valence electrons. The predicted molar refractivity (Wildman–Crippen MR) is 115 cm³/mol. The van der Waals surface area contributed by atoms with Gasteiger partial charge in [0.1, 0.15) is 6.54 Å². The zero-order valence-corrected chi connectivity index (χ0v) is 17.8. The quantitative estimate of drug-likeness (QED) is 0.754. The fourth-order valence-corrected chi connectivity index (χ4v) is 4.26. The summed E-state index contributed by atoms with van der Waals surface area (Å²) in [6, 6.07) is 11.5. The summed E-state index contributed by atoms with van der Waals surface area (Å²) in [4.78, 5) is 26.2. The highest BCUT2D eigenvalue weighted by Crippen LogP contribution is 2.27. The number of sulfonamides is 1. The molecule has 0 unspecified atom stereocenters. The Morgan fingerprint density at radius 3 is 2.45 bits per heavy atom. The number of amides is 2. The van der Waals surface area contributed by atoms with E-state index in [4.69, 9.17) is 11.6 Å². The molecule has 0 saturated carbocycles. The highest BCUT2D eigenvalue weighted by molar-refractivity contribution is 7.92. The van der Waals surface area contributed by atoms with Gasteiger partial charge in [0.15, 0.2) is 0 Å². The van der Waals surface area contributed by atoms with Gasteiger partial charge in [0.2, 0.25) is 21.8 Å². The lowest BCUT2D eigenvalue weighted by Gasteiger charge is -2.22. The maximum absolute atomic E-state index is 12.5. The van der Waals surface area contributed by atoms with Gasteiger partial charge >= 0.3 is 0 Å². The van der Waals surface area contributed by atoms with Gasteiger partial charge in [-0.2, -0.15) is 0 Å². The first kappa shape index (κ1) is 21.1. The van der Waals surface area contributed by atoms with Crippen LogP contribution in [0, 0.1) is 6.92 Å². The first-order valence-corrected chi connectivity index (χ1v) is 11.3. The standard InChI is InChI=1S/C20H22ClN3O4S/c1-14-12-16(7-10-18(14)23-11-3-4-20(23)26)22-19(25)13-24(29(2,27)28)17-8-5-15(21)6-9-17/h5-10,12H,3-4,11,13H2,1-2H3,(H,22,25). The maximum atomic E-state index is 12.5. The van der Waals surface area contributed by atoms with Crippen LogP contribution in [0.3, 0.4) is 0 Å². The van der Waals surface area contributed by atoms with Crippen molar-refractivity contribution in [3.63, 3.8) is 0 Å². The Labute approximate surface area is 175 Å². The smallest absolute Gasteiger partial charge is 0.245 e. The van der Waals surface area contributed by atoms with E-state index in [1.807, 2.05) is 6.92 Å². The van der Waals surface area contributed by atoms with Crippen LogP contribution in [-0.4, -0.2) is 39.6 Å². The average molecular weight is 436 g/mol. The topological polar surface area (TPSA) is 86.8 Å². The van der Waals surface area contributed by atoms with Gasteiger partial charge in [-0.25, -0.2) is 8.42 Å². The molecule has 0 radical (unpaired) electrons. The van der Waals surface area contributed by atoms with E-state index < -0.39 is 15.9 Å². The van der Waals surface area contributed by atoms with Crippen LogP contribution in [0.4, 0.5) is 17.1 Å². The van der Waals surface area contributed by atoms with E-state index in [0.29, 0.717) is 29.4 Å². The van der Waals surface area contributed by atoms with Crippen molar-refractivity contribution in [2.75, 3.05) is 33.9 Å². The number of anilines is 3. The Morgan fingerprint density at radius 2 is 1.90 bits per heavy atom. The number of halogens is 1. The van der Waals surface area contributed by atoms with Crippen LogP contribution < -0.4 is 14.5 Å². The predicted octanol–water partition coefficient (Wildman–Crippen LogP) is 3.18. The minimum atomic E-state index is -3.66. The number of aryl methyl sites for hydroxylation is 1. The van der Waals surface area contributed by atoms with Crippen molar-refractivity contribution in [3.05, 3.63) is 53.1 Å². The highest BCUT2D eigenvalue weighted by atomic mass is 35.5. The molecule has 0 aromatic heterocycles. The van der Waals surface area contributed by atoms with E-state index in [1.54, 1.807) is 47.4 Å². The van der Waals surface area contributed by atoms with Crippen molar-refractivity contribution in [2.45, 2.75) is 19.8 Å². The van der Waals surface area contributed by atoms with E-state index in [-0.39, 0.29) is 12.5 Å². The van der Waals surface area contributed by atoms with Crippen LogP contribution in [-0.2, 0) is 19.6 Å². The van der Waals surface area contributed by atoms with Gasteiger partial charge in [0, 0.05) is 29.4 Å². The van der Waals surface area contributed by atoms with Crippen LogP contribution in [0.2, 0.25) is 5.02 Å². The number of carbonyl (C=O) groups excluding carboxylic acids is 2. The summed E-state index contributed by atoms with van der Waals surface area (Å²) in [7, 11) is -3.66. The lowest BCUT2D eigenvalue weighted by molar-refractivity contribution is -0.117. The molecular formula is C20H22ClN3O4S. The van der Waals surface area contributed by atoms with Crippen LogP contribution in [0.15, 0.2) is 42.5 Å². The van der Waals surface area contributed by atoms with E-state index in [1.165, 1.54) is 0 Å². The average Bonchev–Trinajstić information content (AvgIpc) is 3.06. The molecule has 0 aliphatic carbocycles. The third-order valence-electron chi connectivity index (χ3n) is 4.65. The summed E-state index contributed by atoms with van der Waals surface area (Å²) in [6.45, 7) is 2.19. The van der Waals surface area contributed by atoms with E-state index in [0.717, 1.165) is 28.2 Å². The number of carbonyl (C=O) groups is 2. The van der Waals surface area contributed by atoms with E-state index in [2.05, 4.69) is 5.32 Å². The number of hydrogen-bond acceptors (Lipinski definition) is 4. The molecule has 1 aliphatic rings. The first-order chi connectivity index (χ1) is 13.6. The molecule has 7 nitrogen and oxygen atoms in total. The van der Waals surface area contributed by atoms with Crippen molar-refractivity contribution in [1.82, 2.24) is 0 Å². The first-order valence-electron chi connectivity index (χ1n) is 9.09. The van der Waals surface area contributed by atoms with Gasteiger partial charge in [-0.1, -0.05) is 11.6 Å². The molecule has 0 atom stereocenters. The second-order valence-electron chi connectivity index (χ2n) is 6.94. The molecule has 2 aromatic rings. The molecule has 1 fully saturated rings. The molecule has 3 rings (SSSR count).